The Kier molecular flexibility index (Phi) is 4.24. The van der Waals surface area contributed by atoms with Gasteiger partial charge in [0.15, 0.2) is 0 Å². The minimum Gasteiger partial charge on any atom is -0.346 e. The van der Waals surface area contributed by atoms with Gasteiger partial charge in [0.25, 0.3) is 0 Å². The van der Waals surface area contributed by atoms with Gasteiger partial charge in [0.05, 0.1) is 23.5 Å². The Hall–Kier alpha value is -2.14. The summed E-state index contributed by atoms with van der Waals surface area (Å²) in [5.41, 5.74) is 2.87. The van der Waals surface area contributed by atoms with Gasteiger partial charge in [-0.2, -0.15) is 0 Å². The van der Waals surface area contributed by atoms with Crippen LogP contribution in [0.5, 0.6) is 0 Å². The monoisotopic (exact) mass is 357 g/mol. The van der Waals surface area contributed by atoms with E-state index in [1.54, 1.807) is 0 Å². The van der Waals surface area contributed by atoms with E-state index in [9.17, 15) is 4.79 Å². The van der Waals surface area contributed by atoms with Gasteiger partial charge in [-0.25, -0.2) is 4.98 Å². The van der Waals surface area contributed by atoms with E-state index in [4.69, 9.17) is 0 Å². The Labute approximate surface area is 137 Å². The van der Waals surface area contributed by atoms with Crippen molar-refractivity contribution in [3.8, 4) is 0 Å². The first kappa shape index (κ1) is 14.8. The average Bonchev–Trinajstić information content (AvgIpc) is 2.93. The smallest absolute Gasteiger partial charge is 0.224 e. The van der Waals surface area contributed by atoms with E-state index >= 15 is 0 Å². The van der Waals surface area contributed by atoms with Crippen molar-refractivity contribution in [1.29, 1.82) is 0 Å². The number of rotatable bonds is 4. The predicted octanol–water partition coefficient (Wildman–Crippen LogP) is 3.75. The summed E-state index contributed by atoms with van der Waals surface area (Å²) in [6.07, 6.45) is 0.359. The number of nitrogens with one attached hydrogen (secondary N) is 2. The minimum absolute atomic E-state index is 0.0183. The summed E-state index contributed by atoms with van der Waals surface area (Å²) >= 11 is 3.39. The Morgan fingerprint density at radius 2 is 1.95 bits per heavy atom. The van der Waals surface area contributed by atoms with E-state index in [0.29, 0.717) is 6.42 Å². The van der Waals surface area contributed by atoms with E-state index in [-0.39, 0.29) is 11.9 Å². The average molecular weight is 358 g/mol. The van der Waals surface area contributed by atoms with Crippen LogP contribution in [0.15, 0.2) is 53.0 Å². The van der Waals surface area contributed by atoms with Crippen molar-refractivity contribution in [2.24, 2.45) is 0 Å². The SMILES string of the molecule is C[C@@H](NC(=O)Cc1ccc(Br)cc1)c1nc2ccccc2[nH]1. The standard InChI is InChI=1S/C17H16BrN3O/c1-11(17-20-14-4-2-3-5-15(14)21-17)19-16(22)10-12-6-8-13(18)9-7-12/h2-9,11H,10H2,1H3,(H,19,22)(H,20,21)/t11-/m1/s1. The summed E-state index contributed by atoms with van der Waals surface area (Å²) in [5, 5.41) is 2.98. The summed E-state index contributed by atoms with van der Waals surface area (Å²) in [5.74, 6) is 0.751. The minimum atomic E-state index is -0.157. The van der Waals surface area contributed by atoms with Crippen molar-refractivity contribution in [2.75, 3.05) is 0 Å². The number of carbonyl (C=O) groups is 1. The van der Waals surface area contributed by atoms with Gasteiger partial charge in [-0.1, -0.05) is 40.2 Å². The number of fused-ring (bicyclic) bond motifs is 1. The van der Waals surface area contributed by atoms with Crippen LogP contribution in [0.3, 0.4) is 0 Å². The number of H-pyrrole nitrogens is 1. The van der Waals surface area contributed by atoms with Gasteiger partial charge in [0, 0.05) is 4.47 Å². The van der Waals surface area contributed by atoms with Crippen LogP contribution in [0.4, 0.5) is 0 Å². The van der Waals surface area contributed by atoms with Crippen LogP contribution in [0.1, 0.15) is 24.4 Å². The second kappa shape index (κ2) is 6.32. The normalized spacial score (nSPS) is 12.3. The maximum Gasteiger partial charge on any atom is 0.224 e. The van der Waals surface area contributed by atoms with Gasteiger partial charge in [-0.3, -0.25) is 4.79 Å². The number of carbonyl (C=O) groups excluding carboxylic acids is 1. The first-order chi connectivity index (χ1) is 10.6. The molecule has 5 heteroatoms. The molecule has 0 saturated carbocycles. The number of aromatic amines is 1. The van der Waals surface area contributed by atoms with Crippen LogP contribution in [0, 0.1) is 0 Å². The fourth-order valence-electron chi connectivity index (χ4n) is 2.33. The zero-order valence-corrected chi connectivity index (χ0v) is 13.7. The molecule has 22 heavy (non-hydrogen) atoms. The fraction of sp³-hybridized carbons (Fsp3) is 0.176. The molecule has 2 aromatic carbocycles. The molecule has 3 rings (SSSR count). The molecular formula is C17H16BrN3O. The summed E-state index contributed by atoms with van der Waals surface area (Å²) in [6, 6.07) is 15.4. The molecule has 3 aromatic rings. The molecule has 0 unspecified atom stereocenters. The number of hydrogen-bond acceptors (Lipinski definition) is 2. The van der Waals surface area contributed by atoms with Gasteiger partial charge in [0.1, 0.15) is 5.82 Å². The molecule has 0 saturated heterocycles. The van der Waals surface area contributed by atoms with Crippen molar-refractivity contribution in [1.82, 2.24) is 15.3 Å². The molecule has 1 amide bonds. The quantitative estimate of drug-likeness (QED) is 0.746. The molecule has 0 fully saturated rings. The Bertz CT molecular complexity index is 762. The lowest BCUT2D eigenvalue weighted by Crippen LogP contribution is -2.28. The third-order valence-electron chi connectivity index (χ3n) is 3.47. The molecule has 1 aromatic heterocycles. The van der Waals surface area contributed by atoms with E-state index in [0.717, 1.165) is 26.9 Å². The lowest BCUT2D eigenvalue weighted by Gasteiger charge is -2.11. The zero-order chi connectivity index (χ0) is 15.5. The lowest BCUT2D eigenvalue weighted by atomic mass is 10.1. The van der Waals surface area contributed by atoms with Crippen molar-refractivity contribution in [3.63, 3.8) is 0 Å². The van der Waals surface area contributed by atoms with Gasteiger partial charge < -0.3 is 10.3 Å². The number of hydrogen-bond donors (Lipinski definition) is 2. The highest BCUT2D eigenvalue weighted by atomic mass is 79.9. The molecule has 112 valence electrons. The summed E-state index contributed by atoms with van der Waals surface area (Å²) in [6.45, 7) is 1.93. The van der Waals surface area contributed by atoms with Gasteiger partial charge in [-0.05, 0) is 36.8 Å². The molecular weight excluding hydrogens is 342 g/mol. The number of halogens is 1. The summed E-state index contributed by atoms with van der Waals surface area (Å²) in [4.78, 5) is 19.9. The second-order valence-corrected chi connectivity index (χ2v) is 6.15. The van der Waals surface area contributed by atoms with E-state index < -0.39 is 0 Å². The third kappa shape index (κ3) is 3.36. The van der Waals surface area contributed by atoms with Gasteiger partial charge in [-0.15, -0.1) is 0 Å². The number of benzene rings is 2. The van der Waals surface area contributed by atoms with Gasteiger partial charge in [0.2, 0.25) is 5.91 Å². The molecule has 0 aliphatic heterocycles. The molecule has 0 aliphatic carbocycles. The molecule has 4 nitrogen and oxygen atoms in total. The Morgan fingerprint density at radius 1 is 1.23 bits per heavy atom. The Morgan fingerprint density at radius 3 is 2.68 bits per heavy atom. The molecule has 2 N–H and O–H groups in total. The Balaban J connectivity index is 1.66. The highest BCUT2D eigenvalue weighted by molar-refractivity contribution is 9.10. The lowest BCUT2D eigenvalue weighted by molar-refractivity contribution is -0.121. The van der Waals surface area contributed by atoms with Crippen molar-refractivity contribution < 1.29 is 4.79 Å². The summed E-state index contributed by atoms with van der Waals surface area (Å²) in [7, 11) is 0. The van der Waals surface area contributed by atoms with Crippen molar-refractivity contribution in [3.05, 3.63) is 64.4 Å². The van der Waals surface area contributed by atoms with Crippen LogP contribution in [0.2, 0.25) is 0 Å². The second-order valence-electron chi connectivity index (χ2n) is 5.23. The van der Waals surface area contributed by atoms with Crippen molar-refractivity contribution in [2.45, 2.75) is 19.4 Å². The number of aromatic nitrogens is 2. The van der Waals surface area contributed by atoms with Crippen molar-refractivity contribution >= 4 is 32.9 Å². The topological polar surface area (TPSA) is 57.8 Å². The fourth-order valence-corrected chi connectivity index (χ4v) is 2.59. The van der Waals surface area contributed by atoms with Crippen LogP contribution < -0.4 is 5.32 Å². The van der Waals surface area contributed by atoms with E-state index in [1.807, 2.05) is 55.5 Å². The highest BCUT2D eigenvalue weighted by Gasteiger charge is 2.13. The number of amides is 1. The van der Waals surface area contributed by atoms with Crippen LogP contribution in [-0.4, -0.2) is 15.9 Å². The summed E-state index contributed by atoms with van der Waals surface area (Å²) < 4.78 is 1.01. The van der Waals surface area contributed by atoms with Crippen LogP contribution in [0.25, 0.3) is 11.0 Å². The molecule has 0 aliphatic rings. The molecule has 1 heterocycles. The van der Waals surface area contributed by atoms with E-state index in [2.05, 4.69) is 31.2 Å². The van der Waals surface area contributed by atoms with E-state index in [1.165, 1.54) is 0 Å². The van der Waals surface area contributed by atoms with Crippen LogP contribution >= 0.6 is 15.9 Å². The third-order valence-corrected chi connectivity index (χ3v) is 4.00. The largest absolute Gasteiger partial charge is 0.346 e. The molecule has 0 spiro atoms. The molecule has 0 bridgehead atoms. The predicted molar refractivity (Wildman–Crippen MR) is 90.5 cm³/mol. The first-order valence-electron chi connectivity index (χ1n) is 7.10. The van der Waals surface area contributed by atoms with Crippen LogP contribution in [-0.2, 0) is 11.2 Å². The number of para-hydroxylation sites is 2. The number of nitrogens with zero attached hydrogens (tertiary/aromatic N) is 1. The molecule has 0 radical (unpaired) electrons. The first-order valence-corrected chi connectivity index (χ1v) is 7.89. The maximum atomic E-state index is 12.1. The highest BCUT2D eigenvalue weighted by Crippen LogP contribution is 2.16. The maximum absolute atomic E-state index is 12.1. The number of imidazole rings is 1. The molecule has 1 atom stereocenters. The van der Waals surface area contributed by atoms with Gasteiger partial charge >= 0.3 is 0 Å². The zero-order valence-electron chi connectivity index (χ0n) is 12.1.